The van der Waals surface area contributed by atoms with Crippen molar-refractivity contribution in [1.82, 2.24) is 4.98 Å². The molecule has 2 aromatic rings. The van der Waals surface area contributed by atoms with Crippen molar-refractivity contribution in [3.05, 3.63) is 53.3 Å². The van der Waals surface area contributed by atoms with Gasteiger partial charge in [0.05, 0.1) is 45.2 Å². The van der Waals surface area contributed by atoms with E-state index in [-0.39, 0.29) is 30.1 Å². The van der Waals surface area contributed by atoms with Gasteiger partial charge < -0.3 is 23.3 Å². The van der Waals surface area contributed by atoms with Gasteiger partial charge in [0.1, 0.15) is 12.0 Å². The van der Waals surface area contributed by atoms with E-state index < -0.39 is 20.4 Å². The molecule has 9 nitrogen and oxygen atoms in total. The van der Waals surface area contributed by atoms with Crippen molar-refractivity contribution in [3.63, 3.8) is 0 Å². The number of anilines is 1. The summed E-state index contributed by atoms with van der Waals surface area (Å²) in [7, 11) is -4.87. The van der Waals surface area contributed by atoms with Gasteiger partial charge in [-0.15, -0.1) is 6.42 Å². The van der Waals surface area contributed by atoms with Crippen LogP contribution in [0.15, 0.2) is 36.7 Å². The summed E-state index contributed by atoms with van der Waals surface area (Å²) < 4.78 is 50.7. The van der Waals surface area contributed by atoms with Crippen molar-refractivity contribution < 1.29 is 31.0 Å². The molecule has 2 atom stereocenters. The van der Waals surface area contributed by atoms with Gasteiger partial charge in [-0.2, -0.15) is 8.42 Å². The molecule has 0 aliphatic carbocycles. The summed E-state index contributed by atoms with van der Waals surface area (Å²) >= 11 is 0. The number of terminal acetylenes is 1. The van der Waals surface area contributed by atoms with E-state index >= 15 is 0 Å². The molecule has 0 radical (unpaired) electrons. The number of aromatic nitrogens is 1. The second-order valence-electron chi connectivity index (χ2n) is 12.5. The Balaban J connectivity index is 1.78. The summed E-state index contributed by atoms with van der Waals surface area (Å²) in [6.45, 7) is 11.7. The van der Waals surface area contributed by atoms with Crippen molar-refractivity contribution in [2.24, 2.45) is 0 Å². The van der Waals surface area contributed by atoms with E-state index in [9.17, 15) is 8.42 Å². The highest BCUT2D eigenvalue weighted by molar-refractivity contribution is 8.30. The van der Waals surface area contributed by atoms with Crippen molar-refractivity contribution in [3.8, 4) is 18.1 Å². The zero-order chi connectivity index (χ0) is 33.1. The van der Waals surface area contributed by atoms with E-state index in [4.69, 9.17) is 24.8 Å². The smallest absolute Gasteiger partial charge is 0.264 e. The maximum Gasteiger partial charge on any atom is 0.264 e. The molecule has 3 rings (SSSR count). The molecule has 45 heavy (non-hydrogen) atoms. The fraction of sp³-hybridized carbons (Fsp3) is 0.618. The van der Waals surface area contributed by atoms with Gasteiger partial charge >= 0.3 is 0 Å². The minimum atomic E-state index is -3.46. The molecule has 2 unspecified atom stereocenters. The van der Waals surface area contributed by atoms with Gasteiger partial charge in [-0.1, -0.05) is 22.3 Å². The van der Waals surface area contributed by atoms with Gasteiger partial charge in [-0.25, -0.2) is 0 Å². The molecule has 1 aliphatic heterocycles. The normalized spacial score (nSPS) is 17.0. The number of rotatable bonds is 17. The molecular weight excluding hydrogens is 613 g/mol. The van der Waals surface area contributed by atoms with E-state index in [1.807, 2.05) is 12.4 Å². The van der Waals surface area contributed by atoms with Crippen LogP contribution in [0, 0.1) is 12.3 Å². The Labute approximate surface area is 273 Å². The molecule has 1 aromatic heterocycles. The zero-order valence-electron chi connectivity index (χ0n) is 28.0. The second-order valence-corrected chi connectivity index (χ2v) is 18.0. The molecule has 0 amide bonds. The third kappa shape index (κ3) is 11.5. The van der Waals surface area contributed by atoms with Crippen molar-refractivity contribution in [2.75, 3.05) is 69.9 Å². The number of benzene rings is 1. The van der Waals surface area contributed by atoms with Crippen LogP contribution < -0.4 is 9.08 Å². The number of hydrogen-bond acceptors (Lipinski definition) is 9. The average molecular weight is 665 g/mol. The molecule has 1 fully saturated rings. The topological polar surface area (TPSA) is 96.4 Å². The predicted octanol–water partition coefficient (Wildman–Crippen LogP) is 5.91. The Hall–Kier alpha value is -2.33. The third-order valence-corrected chi connectivity index (χ3v) is 12.1. The number of pyridine rings is 1. The molecule has 0 bridgehead atoms. The fourth-order valence-corrected chi connectivity index (χ4v) is 6.07. The van der Waals surface area contributed by atoms with E-state index in [0.717, 1.165) is 66.8 Å². The summed E-state index contributed by atoms with van der Waals surface area (Å²) in [4.78, 5) is 6.87. The molecule has 0 saturated carbocycles. The van der Waals surface area contributed by atoms with E-state index in [2.05, 4.69) is 84.5 Å². The maximum atomic E-state index is 11.0. The predicted molar refractivity (Wildman–Crippen MR) is 184 cm³/mol. The molecule has 1 saturated heterocycles. The van der Waals surface area contributed by atoms with Crippen LogP contribution in [0.2, 0.25) is 0 Å². The summed E-state index contributed by atoms with van der Waals surface area (Å²) in [5, 5.41) is 0. The highest BCUT2D eigenvalue weighted by Crippen LogP contribution is 2.54. The molecule has 2 heterocycles. The third-order valence-electron chi connectivity index (χ3n) is 7.99. The lowest BCUT2D eigenvalue weighted by atomic mass is 9.90. The van der Waals surface area contributed by atoms with Gasteiger partial charge in [0.25, 0.3) is 10.1 Å². The quantitative estimate of drug-likeness (QED) is 0.116. The lowest BCUT2D eigenvalue weighted by molar-refractivity contribution is 0.0148. The average Bonchev–Trinajstić information content (AvgIpc) is 2.97. The Kier molecular flexibility index (Phi) is 14.0. The first kappa shape index (κ1) is 37.1. The molecule has 11 heteroatoms. The van der Waals surface area contributed by atoms with E-state index in [1.165, 1.54) is 0 Å². The largest absolute Gasteiger partial charge is 0.449 e. The minimum Gasteiger partial charge on any atom is -0.449 e. The van der Waals surface area contributed by atoms with Crippen LogP contribution in [0.25, 0.3) is 0 Å². The van der Waals surface area contributed by atoms with Crippen LogP contribution in [-0.2, 0) is 34.9 Å². The standard InChI is InChI=1S/C34H52N2O7S2/c1-9-30(28-23-27(25-35-26-28)16-18-39-19-20-40-21-22-42-45(8,37)38)31-24-29(43-44(6,7)34(3,4)5)14-15-32(31)36(10-2)33-13-11-12-17-41-33/h1,14-15,23-26,30,33H,10-13,16-22H2,2-8H3. The Morgan fingerprint density at radius 2 is 1.76 bits per heavy atom. The summed E-state index contributed by atoms with van der Waals surface area (Å²) in [6.07, 6.45) is 19.2. The van der Waals surface area contributed by atoms with Gasteiger partial charge in [0, 0.05) is 36.0 Å². The summed E-state index contributed by atoms with van der Waals surface area (Å²) in [6, 6.07) is 8.42. The first-order valence-electron chi connectivity index (χ1n) is 15.6. The van der Waals surface area contributed by atoms with Crippen LogP contribution >= 0.6 is 10.3 Å². The van der Waals surface area contributed by atoms with Gasteiger partial charge in [0.2, 0.25) is 0 Å². The highest BCUT2D eigenvalue weighted by Gasteiger charge is 2.31. The van der Waals surface area contributed by atoms with Crippen molar-refractivity contribution in [2.45, 2.75) is 70.3 Å². The minimum absolute atomic E-state index is 0.00183. The molecule has 0 spiro atoms. The van der Waals surface area contributed by atoms with Crippen LogP contribution in [0.3, 0.4) is 0 Å². The summed E-state index contributed by atoms with van der Waals surface area (Å²) in [5.74, 6) is 3.53. The molecule has 252 valence electrons. The second kappa shape index (κ2) is 17.0. The first-order chi connectivity index (χ1) is 21.3. The van der Waals surface area contributed by atoms with Crippen LogP contribution in [-0.4, -0.2) is 89.3 Å². The van der Waals surface area contributed by atoms with Crippen molar-refractivity contribution in [1.29, 1.82) is 0 Å². The lowest BCUT2D eigenvalue weighted by Crippen LogP contribution is -2.40. The Morgan fingerprint density at radius 1 is 1.04 bits per heavy atom. The fourth-order valence-electron chi connectivity index (χ4n) is 4.87. The first-order valence-corrected chi connectivity index (χ1v) is 19.8. The van der Waals surface area contributed by atoms with Crippen LogP contribution in [0.1, 0.15) is 69.6 Å². The van der Waals surface area contributed by atoms with Gasteiger partial charge in [0.15, 0.2) is 0 Å². The van der Waals surface area contributed by atoms with Crippen LogP contribution in [0.4, 0.5) is 5.69 Å². The zero-order valence-corrected chi connectivity index (χ0v) is 29.7. The van der Waals surface area contributed by atoms with E-state index in [1.54, 1.807) is 0 Å². The Morgan fingerprint density at radius 3 is 2.38 bits per heavy atom. The van der Waals surface area contributed by atoms with Crippen LogP contribution in [0.5, 0.6) is 5.75 Å². The highest BCUT2D eigenvalue weighted by atomic mass is 32.3. The molecule has 1 aliphatic rings. The monoisotopic (exact) mass is 664 g/mol. The molecular formula is C34H52N2O7S2. The molecule has 1 aromatic carbocycles. The summed E-state index contributed by atoms with van der Waals surface area (Å²) in [5.41, 5.74) is 4.01. The van der Waals surface area contributed by atoms with Gasteiger partial charge in [-0.3, -0.25) is 9.17 Å². The lowest BCUT2D eigenvalue weighted by Gasteiger charge is -2.44. The number of ether oxygens (including phenoxy) is 3. The number of nitrogens with zero attached hydrogens (tertiary/aromatic N) is 2. The van der Waals surface area contributed by atoms with Crippen molar-refractivity contribution >= 4 is 26.1 Å². The van der Waals surface area contributed by atoms with Gasteiger partial charge in [-0.05, 0) is 101 Å². The SMILES string of the molecule is C#CC(c1cncc(CCOCCOCCOS(C)(=O)=O)c1)c1cc(OS(C)(C)C(C)(C)C)ccc1N(CC)C1CCCCO1. The van der Waals surface area contributed by atoms with E-state index in [0.29, 0.717) is 26.2 Å². The Bertz CT molecular complexity index is 1360. The molecule has 0 N–H and O–H groups in total. The number of hydrogen-bond donors (Lipinski definition) is 0. The maximum absolute atomic E-state index is 11.0.